The summed E-state index contributed by atoms with van der Waals surface area (Å²) in [6.07, 6.45) is 1.09. The second kappa shape index (κ2) is 7.16. The van der Waals surface area contributed by atoms with E-state index in [1.165, 1.54) is 0 Å². The zero-order valence-corrected chi connectivity index (χ0v) is 14.5. The van der Waals surface area contributed by atoms with E-state index in [1.54, 1.807) is 23.0 Å². The minimum atomic E-state index is -1.27. The summed E-state index contributed by atoms with van der Waals surface area (Å²) in [5.74, 6) is -1.40. The molecule has 0 spiro atoms. The van der Waals surface area contributed by atoms with Crippen molar-refractivity contribution in [1.29, 1.82) is 0 Å². The molecule has 3 nitrogen and oxygen atoms in total. The van der Waals surface area contributed by atoms with Crippen molar-refractivity contribution in [1.82, 2.24) is 14.5 Å². The van der Waals surface area contributed by atoms with Gasteiger partial charge in [0.05, 0.1) is 11.6 Å². The average Bonchev–Trinajstić information content (AvgIpc) is 3.01. The lowest BCUT2D eigenvalue weighted by atomic mass is 9.85. The van der Waals surface area contributed by atoms with Gasteiger partial charge in [-0.1, -0.05) is 0 Å². The summed E-state index contributed by atoms with van der Waals surface area (Å²) in [5, 5.41) is 0. The summed E-state index contributed by atoms with van der Waals surface area (Å²) >= 11 is 0. The molecule has 0 amide bonds. The summed E-state index contributed by atoms with van der Waals surface area (Å²) in [6.45, 7) is 0.224. The van der Waals surface area contributed by atoms with E-state index in [9.17, 15) is 17.6 Å². The molecule has 2 aliphatic carbocycles. The van der Waals surface area contributed by atoms with Gasteiger partial charge in [-0.2, -0.15) is 0 Å². The molecular weight excluding hydrogens is 346 g/mol. The highest BCUT2D eigenvalue weighted by Crippen LogP contribution is 2.38. The summed E-state index contributed by atoms with van der Waals surface area (Å²) < 4.78 is 58.2. The molecule has 142 valence electrons. The van der Waals surface area contributed by atoms with Gasteiger partial charge >= 0.3 is 0 Å². The quantitative estimate of drug-likeness (QED) is 0.728. The van der Waals surface area contributed by atoms with Crippen LogP contribution in [-0.2, 0) is 6.54 Å². The van der Waals surface area contributed by atoms with Crippen LogP contribution >= 0.6 is 0 Å². The van der Waals surface area contributed by atoms with Crippen LogP contribution in [-0.4, -0.2) is 39.2 Å². The average molecular weight is 369 g/mol. The number of hydrogen-bond acceptors (Lipinski definition) is 2. The first-order valence-corrected chi connectivity index (χ1v) is 9.42. The van der Waals surface area contributed by atoms with Crippen molar-refractivity contribution in [2.75, 3.05) is 0 Å². The van der Waals surface area contributed by atoms with Crippen molar-refractivity contribution in [2.24, 2.45) is 5.92 Å². The number of nitrogens with zero attached hydrogens (tertiary/aromatic N) is 3. The number of alkyl halides is 4. The Morgan fingerprint density at radius 2 is 1.42 bits per heavy atom. The Bertz CT molecular complexity index is 701. The lowest BCUT2D eigenvalue weighted by molar-refractivity contribution is 0.0639. The van der Waals surface area contributed by atoms with Crippen molar-refractivity contribution < 1.29 is 17.6 Å². The van der Waals surface area contributed by atoms with Crippen molar-refractivity contribution in [3.63, 3.8) is 0 Å². The maximum absolute atomic E-state index is 14.2. The van der Waals surface area contributed by atoms with Crippen LogP contribution < -0.4 is 0 Å². The number of aromatic nitrogens is 3. The predicted molar refractivity (Wildman–Crippen MR) is 90.2 cm³/mol. The number of hydrogen-bond donors (Lipinski definition) is 0. The molecule has 0 saturated heterocycles. The number of fused-ring (bicyclic) bond motifs is 1. The van der Waals surface area contributed by atoms with Gasteiger partial charge in [0, 0.05) is 24.9 Å². The highest BCUT2D eigenvalue weighted by atomic mass is 19.2. The molecule has 0 N–H and O–H groups in total. The van der Waals surface area contributed by atoms with E-state index < -0.39 is 36.5 Å². The summed E-state index contributed by atoms with van der Waals surface area (Å²) in [5.41, 5.74) is 1.06. The first-order chi connectivity index (χ1) is 12.5. The van der Waals surface area contributed by atoms with Gasteiger partial charge < -0.3 is 4.57 Å². The van der Waals surface area contributed by atoms with Gasteiger partial charge in [-0.25, -0.2) is 27.5 Å². The van der Waals surface area contributed by atoms with Gasteiger partial charge in [-0.3, -0.25) is 0 Å². The third-order valence-electron chi connectivity index (χ3n) is 5.79. The van der Waals surface area contributed by atoms with Crippen LogP contribution in [0.5, 0.6) is 0 Å². The van der Waals surface area contributed by atoms with Crippen LogP contribution in [0.25, 0.3) is 11.4 Å². The molecule has 4 rings (SSSR count). The molecule has 0 aromatic heterocycles. The lowest BCUT2D eigenvalue weighted by Gasteiger charge is -2.30. The minimum Gasteiger partial charge on any atom is -0.351 e. The molecule has 26 heavy (non-hydrogen) atoms. The normalized spacial score (nSPS) is 35.7. The molecule has 2 saturated carbocycles. The molecule has 2 heterocycles. The third-order valence-corrected chi connectivity index (χ3v) is 5.79. The molecule has 2 fully saturated rings. The van der Waals surface area contributed by atoms with Crippen LogP contribution in [0, 0.1) is 5.92 Å². The van der Waals surface area contributed by atoms with E-state index in [0.717, 1.165) is 0 Å². The predicted octanol–water partition coefficient (Wildman–Crippen LogP) is 4.80. The first-order valence-electron chi connectivity index (χ1n) is 9.42. The van der Waals surface area contributed by atoms with Gasteiger partial charge in [0.15, 0.2) is 0 Å². The molecule has 4 aliphatic rings. The monoisotopic (exact) mass is 369 g/mol. The molecular formula is C19H23F4N3. The third kappa shape index (κ3) is 3.32. The number of rotatable bonds is 3. The van der Waals surface area contributed by atoms with Crippen molar-refractivity contribution in [3.05, 3.63) is 24.3 Å². The lowest BCUT2D eigenvalue weighted by Crippen LogP contribution is -2.34. The van der Waals surface area contributed by atoms with Gasteiger partial charge in [-0.05, 0) is 44.6 Å². The second-order valence-electron chi connectivity index (χ2n) is 7.61. The van der Waals surface area contributed by atoms with Crippen molar-refractivity contribution in [2.45, 2.75) is 75.7 Å². The zero-order chi connectivity index (χ0) is 18.3. The van der Waals surface area contributed by atoms with Gasteiger partial charge in [0.1, 0.15) is 36.2 Å². The zero-order valence-electron chi connectivity index (χ0n) is 14.5. The maximum Gasteiger partial charge on any atom is 0.138 e. The Balaban J connectivity index is 1.57. The SMILES string of the molecule is FC1CCCC(F)C1Cn1ccc2nc(C3C(F)CCCC3F)nc-2c1. The fraction of sp³-hybridized carbons (Fsp3) is 0.684. The highest BCUT2D eigenvalue weighted by molar-refractivity contribution is 5.55. The smallest absolute Gasteiger partial charge is 0.138 e. The maximum atomic E-state index is 14.2. The van der Waals surface area contributed by atoms with E-state index in [2.05, 4.69) is 9.97 Å². The largest absolute Gasteiger partial charge is 0.351 e. The summed E-state index contributed by atoms with van der Waals surface area (Å²) in [7, 11) is 0. The van der Waals surface area contributed by atoms with E-state index >= 15 is 0 Å². The van der Waals surface area contributed by atoms with Gasteiger partial charge in [0.25, 0.3) is 0 Å². The van der Waals surface area contributed by atoms with Crippen molar-refractivity contribution in [3.8, 4) is 11.4 Å². The van der Waals surface area contributed by atoms with Crippen LogP contribution in [0.2, 0.25) is 0 Å². The van der Waals surface area contributed by atoms with Crippen LogP contribution in [0.15, 0.2) is 18.5 Å². The number of halogens is 4. The number of pyridine rings is 1. The van der Waals surface area contributed by atoms with Crippen LogP contribution in [0.3, 0.4) is 0 Å². The van der Waals surface area contributed by atoms with E-state index in [4.69, 9.17) is 0 Å². The molecule has 2 aliphatic heterocycles. The highest BCUT2D eigenvalue weighted by Gasteiger charge is 2.38. The Labute approximate surface area is 150 Å². The molecule has 0 bridgehead atoms. The fourth-order valence-corrected chi connectivity index (χ4v) is 4.28. The van der Waals surface area contributed by atoms with Gasteiger partial charge in [0.2, 0.25) is 0 Å². The Morgan fingerprint density at radius 1 is 0.846 bits per heavy atom. The Hall–Kier alpha value is -1.66. The molecule has 4 atom stereocenters. The van der Waals surface area contributed by atoms with Crippen LogP contribution in [0.4, 0.5) is 17.6 Å². The topological polar surface area (TPSA) is 30.7 Å². The molecule has 0 aromatic carbocycles. The Kier molecular flexibility index (Phi) is 4.88. The molecule has 0 aromatic rings. The Morgan fingerprint density at radius 3 is 2.08 bits per heavy atom. The molecule has 4 unspecified atom stereocenters. The van der Waals surface area contributed by atoms with E-state index in [1.807, 2.05) is 0 Å². The van der Waals surface area contributed by atoms with E-state index in [0.29, 0.717) is 49.9 Å². The van der Waals surface area contributed by atoms with Crippen LogP contribution in [0.1, 0.15) is 50.3 Å². The number of imidazole rings is 1. The standard InChI is InChI=1S/C19H23F4N3/c20-12-3-1-4-13(21)11(12)9-26-8-7-16-17(10-26)25-19(24-16)18-14(22)5-2-6-15(18)23/h7-8,10-15,18H,1-6,9H2. The summed E-state index contributed by atoms with van der Waals surface area (Å²) in [6, 6.07) is 1.69. The van der Waals surface area contributed by atoms with Crippen molar-refractivity contribution >= 4 is 0 Å². The fourth-order valence-electron chi connectivity index (χ4n) is 4.28. The van der Waals surface area contributed by atoms with E-state index in [-0.39, 0.29) is 12.4 Å². The first kappa shape index (κ1) is 17.7. The summed E-state index contributed by atoms with van der Waals surface area (Å²) in [4.78, 5) is 8.63. The minimum absolute atomic E-state index is 0.196. The second-order valence-corrected chi connectivity index (χ2v) is 7.61. The molecule has 7 heteroatoms. The molecule has 0 radical (unpaired) electrons. The van der Waals surface area contributed by atoms with Gasteiger partial charge in [-0.15, -0.1) is 0 Å².